The van der Waals surface area contributed by atoms with Crippen molar-refractivity contribution in [2.45, 2.75) is 6.61 Å². The number of hydrazone groups is 1. The lowest BCUT2D eigenvalue weighted by molar-refractivity contribution is 0.0955. The molecule has 0 heterocycles. The van der Waals surface area contributed by atoms with Crippen LogP contribution in [0.4, 0.5) is 0 Å². The Morgan fingerprint density at radius 1 is 1.07 bits per heavy atom. The van der Waals surface area contributed by atoms with Gasteiger partial charge in [-0.1, -0.05) is 48.0 Å². The van der Waals surface area contributed by atoms with Crippen molar-refractivity contribution in [3.8, 4) is 5.75 Å². The first-order chi connectivity index (χ1) is 13.1. The van der Waals surface area contributed by atoms with Gasteiger partial charge in [0.2, 0.25) is 0 Å². The molecule has 3 aromatic rings. The predicted molar refractivity (Wildman–Crippen MR) is 116 cm³/mol. The second-order valence-electron chi connectivity index (χ2n) is 5.66. The van der Waals surface area contributed by atoms with Gasteiger partial charge in [0.25, 0.3) is 5.91 Å². The zero-order valence-electron chi connectivity index (χ0n) is 14.2. The summed E-state index contributed by atoms with van der Waals surface area (Å²) in [6.07, 6.45) is 1.58. The van der Waals surface area contributed by atoms with Crippen molar-refractivity contribution < 1.29 is 9.53 Å². The van der Waals surface area contributed by atoms with Crippen LogP contribution in [0, 0.1) is 3.57 Å². The van der Waals surface area contributed by atoms with Gasteiger partial charge in [0.05, 0.1) is 6.21 Å². The van der Waals surface area contributed by atoms with E-state index in [4.69, 9.17) is 16.3 Å². The maximum Gasteiger partial charge on any atom is 0.271 e. The van der Waals surface area contributed by atoms with Crippen molar-refractivity contribution in [2.24, 2.45) is 5.10 Å². The summed E-state index contributed by atoms with van der Waals surface area (Å²) in [6.45, 7) is 0.379. The number of hydrogen-bond acceptors (Lipinski definition) is 3. The molecule has 0 bridgehead atoms. The van der Waals surface area contributed by atoms with Crippen LogP contribution in [0.3, 0.4) is 0 Å². The molecular weight excluding hydrogens is 475 g/mol. The fraction of sp³-hybridized carbons (Fsp3) is 0.0476. The lowest BCUT2D eigenvalue weighted by Crippen LogP contribution is -2.17. The van der Waals surface area contributed by atoms with Crippen LogP contribution in [0.15, 0.2) is 77.9 Å². The summed E-state index contributed by atoms with van der Waals surface area (Å²) in [5.74, 6) is 0.443. The highest BCUT2D eigenvalue weighted by Gasteiger charge is 2.04. The Labute approximate surface area is 176 Å². The van der Waals surface area contributed by atoms with Gasteiger partial charge in [0.1, 0.15) is 12.4 Å². The van der Waals surface area contributed by atoms with E-state index in [1.807, 2.05) is 60.7 Å². The largest absolute Gasteiger partial charge is 0.489 e. The van der Waals surface area contributed by atoms with E-state index >= 15 is 0 Å². The van der Waals surface area contributed by atoms with Crippen molar-refractivity contribution in [3.05, 3.63) is 98.1 Å². The Balaban J connectivity index is 1.59. The second kappa shape index (κ2) is 9.53. The number of rotatable bonds is 6. The third-order valence-corrected chi connectivity index (χ3v) is 4.72. The first-order valence-corrected chi connectivity index (χ1v) is 9.63. The molecule has 0 fully saturated rings. The summed E-state index contributed by atoms with van der Waals surface area (Å²) in [4.78, 5) is 12.1. The first-order valence-electron chi connectivity index (χ1n) is 8.17. The van der Waals surface area contributed by atoms with Crippen molar-refractivity contribution in [3.63, 3.8) is 0 Å². The SMILES string of the molecule is O=C(N/N=C\c1cccc(OCc2ccccc2Cl)c1)c1cccc(I)c1. The van der Waals surface area contributed by atoms with E-state index in [9.17, 15) is 4.79 Å². The fourth-order valence-electron chi connectivity index (χ4n) is 2.32. The minimum atomic E-state index is -0.254. The Morgan fingerprint density at radius 2 is 1.89 bits per heavy atom. The van der Waals surface area contributed by atoms with Crippen LogP contribution in [0.2, 0.25) is 5.02 Å². The number of amides is 1. The van der Waals surface area contributed by atoms with Crippen LogP contribution in [0.25, 0.3) is 0 Å². The number of carbonyl (C=O) groups excluding carboxylic acids is 1. The van der Waals surface area contributed by atoms with E-state index < -0.39 is 0 Å². The van der Waals surface area contributed by atoms with Gasteiger partial charge in [-0.15, -0.1) is 0 Å². The summed E-state index contributed by atoms with van der Waals surface area (Å²) in [5.41, 5.74) is 4.83. The molecule has 4 nitrogen and oxygen atoms in total. The molecule has 0 unspecified atom stereocenters. The number of nitrogens with zero attached hydrogens (tertiary/aromatic N) is 1. The molecule has 0 aromatic heterocycles. The van der Waals surface area contributed by atoms with Gasteiger partial charge in [-0.3, -0.25) is 4.79 Å². The molecule has 6 heteroatoms. The number of nitrogens with one attached hydrogen (secondary N) is 1. The van der Waals surface area contributed by atoms with Crippen molar-refractivity contribution in [1.82, 2.24) is 5.43 Å². The third kappa shape index (κ3) is 5.80. The van der Waals surface area contributed by atoms with Gasteiger partial charge in [-0.25, -0.2) is 5.43 Å². The van der Waals surface area contributed by atoms with Crippen molar-refractivity contribution in [1.29, 1.82) is 0 Å². The summed E-state index contributed by atoms with van der Waals surface area (Å²) in [6, 6.07) is 22.3. The van der Waals surface area contributed by atoms with Crippen molar-refractivity contribution in [2.75, 3.05) is 0 Å². The number of benzene rings is 3. The number of ether oxygens (including phenoxy) is 1. The van der Waals surface area contributed by atoms with Gasteiger partial charge in [-0.05, 0) is 64.6 Å². The van der Waals surface area contributed by atoms with Gasteiger partial charge in [0, 0.05) is 19.7 Å². The molecule has 1 amide bonds. The topological polar surface area (TPSA) is 50.7 Å². The smallest absolute Gasteiger partial charge is 0.271 e. The Kier molecular flexibility index (Phi) is 6.84. The molecule has 27 heavy (non-hydrogen) atoms. The monoisotopic (exact) mass is 490 g/mol. The molecule has 0 saturated heterocycles. The van der Waals surface area contributed by atoms with Crippen molar-refractivity contribution >= 4 is 46.3 Å². The van der Waals surface area contributed by atoms with Crippen LogP contribution in [0.5, 0.6) is 5.75 Å². The van der Waals surface area contributed by atoms with Crippen LogP contribution < -0.4 is 10.2 Å². The van der Waals surface area contributed by atoms with Crippen LogP contribution in [-0.4, -0.2) is 12.1 Å². The Hall–Kier alpha value is -2.38. The molecule has 0 radical (unpaired) electrons. The summed E-state index contributed by atoms with van der Waals surface area (Å²) < 4.78 is 6.78. The highest BCUT2D eigenvalue weighted by molar-refractivity contribution is 14.1. The molecule has 3 aromatic carbocycles. The average Bonchev–Trinajstić information content (AvgIpc) is 2.68. The average molecular weight is 491 g/mol. The van der Waals surface area contributed by atoms with E-state index in [-0.39, 0.29) is 5.91 Å². The van der Waals surface area contributed by atoms with E-state index in [2.05, 4.69) is 33.1 Å². The molecule has 0 aliphatic heterocycles. The molecule has 0 atom stereocenters. The van der Waals surface area contributed by atoms with Crippen LogP contribution in [0.1, 0.15) is 21.5 Å². The molecule has 0 aliphatic rings. The minimum absolute atomic E-state index is 0.254. The van der Waals surface area contributed by atoms with Gasteiger partial charge >= 0.3 is 0 Å². The van der Waals surface area contributed by atoms with E-state index in [1.54, 1.807) is 18.3 Å². The molecule has 0 aliphatic carbocycles. The first kappa shape index (κ1) is 19.4. The van der Waals surface area contributed by atoms with E-state index in [1.165, 1.54) is 0 Å². The number of carbonyl (C=O) groups is 1. The van der Waals surface area contributed by atoms with Crippen LogP contribution >= 0.6 is 34.2 Å². The summed E-state index contributed by atoms with van der Waals surface area (Å²) in [5, 5.41) is 4.69. The number of hydrogen-bond donors (Lipinski definition) is 1. The summed E-state index contributed by atoms with van der Waals surface area (Å²) in [7, 11) is 0. The van der Waals surface area contributed by atoms with E-state index in [0.717, 1.165) is 14.7 Å². The zero-order valence-corrected chi connectivity index (χ0v) is 17.1. The highest BCUT2D eigenvalue weighted by atomic mass is 127. The number of halogens is 2. The molecule has 3 rings (SSSR count). The lowest BCUT2D eigenvalue weighted by Gasteiger charge is -2.08. The van der Waals surface area contributed by atoms with E-state index in [0.29, 0.717) is 22.9 Å². The Bertz CT molecular complexity index is 976. The zero-order chi connectivity index (χ0) is 19.1. The highest BCUT2D eigenvalue weighted by Crippen LogP contribution is 2.19. The quantitative estimate of drug-likeness (QED) is 0.290. The Morgan fingerprint density at radius 3 is 2.70 bits per heavy atom. The van der Waals surface area contributed by atoms with Gasteiger partial charge in [-0.2, -0.15) is 5.10 Å². The molecule has 136 valence electrons. The predicted octanol–water partition coefficient (Wildman–Crippen LogP) is 5.29. The maximum atomic E-state index is 12.1. The molecular formula is C21H16ClIN2O2. The normalized spacial score (nSPS) is 10.7. The minimum Gasteiger partial charge on any atom is -0.489 e. The molecule has 0 saturated carbocycles. The lowest BCUT2D eigenvalue weighted by atomic mass is 10.2. The third-order valence-electron chi connectivity index (χ3n) is 3.68. The summed E-state index contributed by atoms with van der Waals surface area (Å²) >= 11 is 8.30. The fourth-order valence-corrected chi connectivity index (χ4v) is 3.05. The molecule has 1 N–H and O–H groups in total. The second-order valence-corrected chi connectivity index (χ2v) is 7.31. The standard InChI is InChI=1S/C21H16ClIN2O2/c22-20-10-2-1-6-17(20)14-27-19-9-3-5-15(11-19)13-24-25-21(26)16-7-4-8-18(23)12-16/h1-13H,14H2,(H,25,26)/b24-13-. The van der Waals surface area contributed by atoms with Gasteiger partial charge in [0.15, 0.2) is 0 Å². The molecule has 0 spiro atoms. The maximum absolute atomic E-state index is 12.1. The van der Waals surface area contributed by atoms with Gasteiger partial charge < -0.3 is 4.74 Å². The van der Waals surface area contributed by atoms with Crippen LogP contribution in [-0.2, 0) is 6.61 Å².